The lowest BCUT2D eigenvalue weighted by Crippen LogP contribution is -2.65. The largest absolute Gasteiger partial charge is 0.417 e. The van der Waals surface area contributed by atoms with Crippen molar-refractivity contribution in [3.05, 3.63) is 71.8 Å². The molecule has 2 saturated heterocycles. The number of fused-ring (bicyclic) bond motifs is 1. The van der Waals surface area contributed by atoms with Gasteiger partial charge in [0, 0.05) is 6.42 Å². The summed E-state index contributed by atoms with van der Waals surface area (Å²) in [5.41, 5.74) is -2.68. The number of benzene rings is 2. The van der Waals surface area contributed by atoms with E-state index in [1.165, 1.54) is 4.90 Å². The highest BCUT2D eigenvalue weighted by Crippen LogP contribution is 2.53. The van der Waals surface area contributed by atoms with Crippen molar-refractivity contribution in [1.29, 1.82) is 0 Å². The van der Waals surface area contributed by atoms with Crippen LogP contribution in [0.5, 0.6) is 0 Å². The summed E-state index contributed by atoms with van der Waals surface area (Å²) in [6.45, 7) is 1.56. The van der Waals surface area contributed by atoms with Gasteiger partial charge in [0.1, 0.15) is 0 Å². The van der Waals surface area contributed by atoms with Crippen LogP contribution < -0.4 is 5.32 Å². The van der Waals surface area contributed by atoms with Gasteiger partial charge in [0.2, 0.25) is 5.91 Å². The van der Waals surface area contributed by atoms with Crippen molar-refractivity contribution in [2.75, 3.05) is 0 Å². The molecule has 4 rings (SSSR count). The number of nitrogens with zero attached hydrogens (tertiary/aromatic N) is 1. The van der Waals surface area contributed by atoms with Crippen molar-refractivity contribution < 1.29 is 23.1 Å². The molecule has 2 N–H and O–H groups in total. The van der Waals surface area contributed by atoms with Gasteiger partial charge in [0.05, 0.1) is 24.2 Å². The minimum atomic E-state index is -4.88. The molecule has 0 unspecified atom stereocenters. The summed E-state index contributed by atoms with van der Waals surface area (Å²) in [7, 11) is 0. The number of halogens is 3. The van der Waals surface area contributed by atoms with Crippen LogP contribution in [0.1, 0.15) is 43.0 Å². The van der Waals surface area contributed by atoms with Crippen molar-refractivity contribution in [3.8, 4) is 0 Å². The normalized spacial score (nSPS) is 33.0. The summed E-state index contributed by atoms with van der Waals surface area (Å²) in [5.74, 6) is -0.714. The van der Waals surface area contributed by atoms with Crippen molar-refractivity contribution in [2.45, 2.75) is 49.3 Å². The number of piperidine rings is 1. The zero-order chi connectivity index (χ0) is 20.2. The van der Waals surface area contributed by atoms with Gasteiger partial charge in [-0.1, -0.05) is 60.7 Å². The molecular formula is C21H21F3N2O2. The van der Waals surface area contributed by atoms with E-state index in [-0.39, 0.29) is 0 Å². The van der Waals surface area contributed by atoms with Gasteiger partial charge in [-0.15, -0.1) is 0 Å². The predicted molar refractivity (Wildman–Crippen MR) is 97.0 cm³/mol. The molecule has 28 heavy (non-hydrogen) atoms. The average Bonchev–Trinajstić information content (AvgIpc) is 2.95. The van der Waals surface area contributed by atoms with Gasteiger partial charge in [-0.2, -0.15) is 13.2 Å². The minimum Gasteiger partial charge on any atom is -0.380 e. The number of nitrogens with one attached hydrogen (secondary N) is 1. The van der Waals surface area contributed by atoms with Gasteiger partial charge < -0.3 is 10.0 Å². The van der Waals surface area contributed by atoms with Crippen LogP contribution in [0.4, 0.5) is 13.2 Å². The number of hydrogen-bond donors (Lipinski definition) is 2. The number of alkyl halides is 3. The highest BCUT2D eigenvalue weighted by atomic mass is 19.4. The van der Waals surface area contributed by atoms with Crippen LogP contribution in [0.15, 0.2) is 60.7 Å². The molecule has 2 aromatic rings. The van der Waals surface area contributed by atoms with E-state index < -0.39 is 48.3 Å². The first-order valence-corrected chi connectivity index (χ1v) is 9.14. The molecular weight excluding hydrogens is 369 g/mol. The Hall–Kier alpha value is -2.38. The fourth-order valence-electron chi connectivity index (χ4n) is 4.59. The first-order valence-electron chi connectivity index (χ1n) is 9.14. The maximum absolute atomic E-state index is 13.5. The molecule has 2 aliphatic rings. The molecule has 2 aliphatic heterocycles. The number of carbonyl (C=O) groups excluding carboxylic acids is 1. The minimum absolute atomic E-state index is 0.395. The van der Waals surface area contributed by atoms with E-state index >= 15 is 0 Å². The van der Waals surface area contributed by atoms with Gasteiger partial charge in [0.25, 0.3) is 0 Å². The fraction of sp³-hybridized carbons (Fsp3) is 0.381. The third kappa shape index (κ3) is 2.89. The van der Waals surface area contributed by atoms with E-state index in [9.17, 15) is 23.1 Å². The van der Waals surface area contributed by atoms with E-state index in [4.69, 9.17) is 0 Å². The molecule has 0 aliphatic carbocycles. The van der Waals surface area contributed by atoms with Gasteiger partial charge in [-0.05, 0) is 18.1 Å². The molecule has 0 aromatic heterocycles. The van der Waals surface area contributed by atoms with Crippen LogP contribution in [0.25, 0.3) is 0 Å². The molecule has 0 radical (unpaired) electrons. The molecule has 2 fully saturated rings. The Kier molecular flexibility index (Phi) is 4.28. The Bertz CT molecular complexity index is 874. The van der Waals surface area contributed by atoms with Gasteiger partial charge in [-0.3, -0.25) is 10.1 Å². The van der Waals surface area contributed by atoms with E-state index in [0.29, 0.717) is 0 Å². The molecule has 4 nitrogen and oxygen atoms in total. The zero-order valence-electron chi connectivity index (χ0n) is 15.3. The van der Waals surface area contributed by atoms with Gasteiger partial charge in [0.15, 0.2) is 5.60 Å². The van der Waals surface area contributed by atoms with Gasteiger partial charge >= 0.3 is 6.18 Å². The molecule has 7 heteroatoms. The van der Waals surface area contributed by atoms with Crippen molar-refractivity contribution >= 4 is 5.91 Å². The average molecular weight is 390 g/mol. The van der Waals surface area contributed by atoms with Crippen molar-refractivity contribution in [2.24, 2.45) is 0 Å². The van der Waals surface area contributed by atoms with Crippen LogP contribution in [0, 0.1) is 0 Å². The summed E-state index contributed by atoms with van der Waals surface area (Å²) in [6, 6.07) is 17.7. The first-order chi connectivity index (χ1) is 13.1. The predicted octanol–water partition coefficient (Wildman–Crippen LogP) is 3.70. The summed E-state index contributed by atoms with van der Waals surface area (Å²) in [4.78, 5) is 14.4. The number of carbonyl (C=O) groups is 1. The molecule has 2 heterocycles. The Morgan fingerprint density at radius 1 is 1.04 bits per heavy atom. The summed E-state index contributed by atoms with van der Waals surface area (Å²) in [5, 5.41) is 13.5. The molecule has 0 bridgehead atoms. The fourth-order valence-corrected chi connectivity index (χ4v) is 4.59. The second-order valence-corrected chi connectivity index (χ2v) is 7.81. The van der Waals surface area contributed by atoms with Crippen LogP contribution >= 0.6 is 0 Å². The number of amides is 1. The molecule has 4 atom stereocenters. The Morgan fingerprint density at radius 2 is 1.57 bits per heavy atom. The monoisotopic (exact) mass is 390 g/mol. The highest BCUT2D eigenvalue weighted by molar-refractivity contribution is 5.81. The SMILES string of the molecule is C[C@]12C[C@](O)(C(F)(F)F)CC(=O)N1[C@H](c1ccccc1)[C@@H](c1ccccc1)N2. The lowest BCUT2D eigenvalue weighted by atomic mass is 9.82. The third-order valence-electron chi connectivity index (χ3n) is 5.77. The number of rotatable bonds is 2. The first kappa shape index (κ1) is 19.0. The maximum atomic E-state index is 13.5. The van der Waals surface area contributed by atoms with E-state index in [2.05, 4.69) is 5.32 Å². The second-order valence-electron chi connectivity index (χ2n) is 7.81. The van der Waals surface area contributed by atoms with Crippen molar-refractivity contribution in [3.63, 3.8) is 0 Å². The number of aliphatic hydroxyl groups is 1. The Balaban J connectivity index is 1.82. The van der Waals surface area contributed by atoms with Crippen LogP contribution in [0.2, 0.25) is 0 Å². The zero-order valence-corrected chi connectivity index (χ0v) is 15.3. The van der Waals surface area contributed by atoms with E-state index in [1.807, 2.05) is 60.7 Å². The second kappa shape index (κ2) is 6.32. The third-order valence-corrected chi connectivity index (χ3v) is 5.77. The summed E-state index contributed by atoms with van der Waals surface area (Å²) < 4.78 is 40.6. The lowest BCUT2D eigenvalue weighted by molar-refractivity contribution is -0.280. The smallest absolute Gasteiger partial charge is 0.380 e. The lowest BCUT2D eigenvalue weighted by Gasteiger charge is -2.48. The standard InChI is InChI=1S/C21H21F3N2O2/c1-19-13-20(28,21(22,23)24)12-16(27)26(19)18(15-10-6-3-7-11-15)17(25-19)14-8-4-2-5-9-14/h2-11,17-18,25,28H,12-13H2,1H3/t17-,18-,19-,20+/m1/s1. The Morgan fingerprint density at radius 3 is 2.11 bits per heavy atom. The quantitative estimate of drug-likeness (QED) is 0.822. The maximum Gasteiger partial charge on any atom is 0.417 e. The van der Waals surface area contributed by atoms with E-state index in [1.54, 1.807) is 6.92 Å². The van der Waals surface area contributed by atoms with E-state index in [0.717, 1.165) is 11.1 Å². The van der Waals surface area contributed by atoms with Crippen LogP contribution in [0.3, 0.4) is 0 Å². The van der Waals surface area contributed by atoms with Crippen molar-refractivity contribution in [1.82, 2.24) is 10.2 Å². The molecule has 148 valence electrons. The topological polar surface area (TPSA) is 52.6 Å². The molecule has 1 amide bonds. The number of hydrogen-bond acceptors (Lipinski definition) is 3. The summed E-state index contributed by atoms with van der Waals surface area (Å²) in [6.07, 6.45) is -6.48. The molecule has 0 spiro atoms. The van der Waals surface area contributed by atoms with Crippen LogP contribution in [-0.2, 0) is 4.79 Å². The molecule has 0 saturated carbocycles. The van der Waals surface area contributed by atoms with Crippen LogP contribution in [-0.4, -0.2) is 33.4 Å². The summed E-state index contributed by atoms with van der Waals surface area (Å²) >= 11 is 0. The van der Waals surface area contributed by atoms with Gasteiger partial charge in [-0.25, -0.2) is 0 Å². The highest BCUT2D eigenvalue weighted by Gasteiger charge is 2.66. The molecule has 2 aromatic carbocycles. The Labute approximate surface area is 161 Å².